The van der Waals surface area contributed by atoms with Crippen LogP contribution in [-0.2, 0) is 20.3 Å². The van der Waals surface area contributed by atoms with Gasteiger partial charge in [0.1, 0.15) is 12.4 Å². The van der Waals surface area contributed by atoms with Crippen LogP contribution in [0.15, 0.2) is 54.6 Å². The fourth-order valence-electron chi connectivity index (χ4n) is 2.99. The molecule has 0 amide bonds. The van der Waals surface area contributed by atoms with Gasteiger partial charge >= 0.3 is 7.82 Å². The Morgan fingerprint density at radius 3 is 2.58 bits per heavy atom. The van der Waals surface area contributed by atoms with Crippen molar-refractivity contribution >= 4 is 13.6 Å². The molecule has 1 atom stereocenters. The summed E-state index contributed by atoms with van der Waals surface area (Å²) >= 11 is 0. The molecule has 2 aromatic rings. The van der Waals surface area contributed by atoms with E-state index in [4.69, 9.17) is 14.5 Å². The summed E-state index contributed by atoms with van der Waals surface area (Å²) in [6.45, 7) is 4.54. The Kier molecular flexibility index (Phi) is 5.12. The third kappa shape index (κ3) is 3.94. The van der Waals surface area contributed by atoms with Crippen LogP contribution in [0, 0.1) is 0 Å². The lowest BCUT2D eigenvalue weighted by atomic mass is 10.1. The minimum absolute atomic E-state index is 0.222. The first-order chi connectivity index (χ1) is 12.3. The lowest BCUT2D eigenvalue weighted by Crippen LogP contribution is -2.32. The number of Topliss-reactive ketones (excluding diaryl/α,β-unsaturated/α-hetero) is 1. The number of rotatable bonds is 7. The molecule has 0 radical (unpaired) electrons. The zero-order valence-corrected chi connectivity index (χ0v) is 15.1. The number of phosphoric ester groups is 1. The van der Waals surface area contributed by atoms with Crippen LogP contribution >= 0.6 is 7.82 Å². The quantitative estimate of drug-likeness (QED) is 0.487. The number of carbonyl (C=O) groups excluding carboxylic acids is 1. The zero-order chi connectivity index (χ0) is 18.9. The number of benzene rings is 2. The predicted molar refractivity (Wildman–Crippen MR) is 96.9 cm³/mol. The molecule has 0 bridgehead atoms. The second kappa shape index (κ2) is 7.17. The monoisotopic (exact) mass is 374 g/mol. The van der Waals surface area contributed by atoms with Crippen molar-refractivity contribution in [2.24, 2.45) is 0 Å². The van der Waals surface area contributed by atoms with E-state index in [1.165, 1.54) is 6.92 Å². The molecule has 1 unspecified atom stereocenters. The number of phosphoric acid groups is 1. The molecule has 7 heteroatoms. The van der Waals surface area contributed by atoms with E-state index in [2.05, 4.69) is 11.1 Å². The molecular weight excluding hydrogens is 355 g/mol. The summed E-state index contributed by atoms with van der Waals surface area (Å²) in [5.74, 6) is 0.0270. The average molecular weight is 374 g/mol. The molecular formula is C19H19O6P. The predicted octanol–water partition coefficient (Wildman–Crippen LogP) is 3.26. The van der Waals surface area contributed by atoms with Crippen molar-refractivity contribution < 1.29 is 28.4 Å². The largest absolute Gasteiger partial charge is 0.479 e. The number of hydrogen-bond acceptors (Lipinski definition) is 4. The molecule has 136 valence electrons. The molecule has 0 aliphatic heterocycles. The Balaban J connectivity index is 1.90. The fourth-order valence-corrected chi connectivity index (χ4v) is 3.32. The van der Waals surface area contributed by atoms with Gasteiger partial charge in [-0.2, -0.15) is 0 Å². The van der Waals surface area contributed by atoms with Gasteiger partial charge in [-0.25, -0.2) is 4.57 Å². The number of hydrogen-bond donors (Lipinski definition) is 2. The van der Waals surface area contributed by atoms with Gasteiger partial charge in [-0.3, -0.25) is 9.32 Å². The summed E-state index contributed by atoms with van der Waals surface area (Å²) in [6, 6.07) is 13.5. The Bertz CT molecular complexity index is 914. The highest BCUT2D eigenvalue weighted by Gasteiger charge is 2.28. The molecule has 0 spiro atoms. The average Bonchev–Trinajstić information content (AvgIpc) is 2.96. The second-order valence-corrected chi connectivity index (χ2v) is 7.39. The van der Waals surface area contributed by atoms with Crippen molar-refractivity contribution in [2.75, 3.05) is 6.61 Å². The summed E-state index contributed by atoms with van der Waals surface area (Å²) in [5.41, 5.74) is 4.45. The van der Waals surface area contributed by atoms with Crippen molar-refractivity contribution in [3.63, 3.8) is 0 Å². The molecule has 2 aromatic carbocycles. The van der Waals surface area contributed by atoms with Gasteiger partial charge in [0.05, 0.1) is 0 Å². The van der Waals surface area contributed by atoms with Crippen molar-refractivity contribution in [1.29, 1.82) is 0 Å². The van der Waals surface area contributed by atoms with Gasteiger partial charge in [0, 0.05) is 12.0 Å². The number of carbonyl (C=O) groups is 1. The van der Waals surface area contributed by atoms with Crippen molar-refractivity contribution in [3.8, 4) is 16.9 Å². The third-order valence-corrected chi connectivity index (χ3v) is 4.67. The zero-order valence-electron chi connectivity index (χ0n) is 14.2. The topological polar surface area (TPSA) is 93.1 Å². The Labute approximate surface area is 151 Å². The first-order valence-corrected chi connectivity index (χ1v) is 9.56. The normalized spacial score (nSPS) is 13.7. The van der Waals surface area contributed by atoms with Gasteiger partial charge in [0.15, 0.2) is 6.10 Å². The molecule has 1 aliphatic carbocycles. The molecule has 0 aromatic heterocycles. The highest BCUT2D eigenvalue weighted by molar-refractivity contribution is 7.46. The highest BCUT2D eigenvalue weighted by Crippen LogP contribution is 2.41. The number of fused-ring (bicyclic) bond motifs is 3. The lowest BCUT2D eigenvalue weighted by Gasteiger charge is -2.20. The SMILES string of the molecule is C=C(C)C(=O)C(COP(=O)(O)O)Oc1cccc2c1Cc1ccccc1-2. The standard InChI is InChI=1S/C19H19O6P/c1-12(2)19(20)18(11-24-26(21,22)23)25-17-9-5-8-15-14-7-4-3-6-13(14)10-16(15)17/h3-9,18H,1,10-11H2,2H3,(H2,21,22,23). The van der Waals surface area contributed by atoms with E-state index in [0.29, 0.717) is 12.2 Å². The van der Waals surface area contributed by atoms with E-state index < -0.39 is 26.3 Å². The number of ketones is 1. The van der Waals surface area contributed by atoms with Crippen LogP contribution in [0.1, 0.15) is 18.1 Å². The molecule has 0 fully saturated rings. The number of ether oxygens (including phenoxy) is 1. The first-order valence-electron chi connectivity index (χ1n) is 8.03. The fraction of sp³-hybridized carbons (Fsp3) is 0.211. The maximum Gasteiger partial charge on any atom is 0.469 e. The first kappa shape index (κ1) is 18.5. The van der Waals surface area contributed by atoms with Crippen LogP contribution in [0.5, 0.6) is 5.75 Å². The summed E-state index contributed by atoms with van der Waals surface area (Å²) in [6.07, 6.45) is -0.523. The van der Waals surface area contributed by atoms with Crippen molar-refractivity contribution in [2.45, 2.75) is 19.4 Å². The van der Waals surface area contributed by atoms with Crippen LogP contribution in [0.2, 0.25) is 0 Å². The Hall–Kier alpha value is -2.24. The van der Waals surface area contributed by atoms with Crippen LogP contribution in [-0.4, -0.2) is 28.3 Å². The molecule has 0 saturated carbocycles. The Morgan fingerprint density at radius 1 is 1.19 bits per heavy atom. The van der Waals surface area contributed by atoms with Gasteiger partial charge in [-0.15, -0.1) is 0 Å². The van der Waals surface area contributed by atoms with Crippen LogP contribution in [0.4, 0.5) is 0 Å². The minimum Gasteiger partial charge on any atom is -0.479 e. The lowest BCUT2D eigenvalue weighted by molar-refractivity contribution is -0.123. The smallest absolute Gasteiger partial charge is 0.469 e. The van der Waals surface area contributed by atoms with Gasteiger partial charge in [-0.1, -0.05) is 43.0 Å². The van der Waals surface area contributed by atoms with Crippen molar-refractivity contribution in [1.82, 2.24) is 0 Å². The van der Waals surface area contributed by atoms with E-state index in [1.54, 1.807) is 6.07 Å². The minimum atomic E-state index is -4.72. The van der Waals surface area contributed by atoms with Gasteiger partial charge in [0.2, 0.25) is 5.78 Å². The van der Waals surface area contributed by atoms with Gasteiger partial charge in [0.25, 0.3) is 0 Å². The highest BCUT2D eigenvalue weighted by atomic mass is 31.2. The van der Waals surface area contributed by atoms with E-state index in [9.17, 15) is 9.36 Å². The van der Waals surface area contributed by atoms with Gasteiger partial charge < -0.3 is 14.5 Å². The third-order valence-electron chi connectivity index (χ3n) is 4.18. The molecule has 1 aliphatic rings. The summed E-state index contributed by atoms with van der Waals surface area (Å²) in [4.78, 5) is 30.2. The summed E-state index contributed by atoms with van der Waals surface area (Å²) in [7, 11) is -4.72. The second-order valence-electron chi connectivity index (χ2n) is 6.15. The molecule has 3 rings (SSSR count). The van der Waals surface area contributed by atoms with Crippen LogP contribution in [0.25, 0.3) is 11.1 Å². The van der Waals surface area contributed by atoms with E-state index in [-0.39, 0.29) is 5.57 Å². The molecule has 0 saturated heterocycles. The Morgan fingerprint density at radius 2 is 1.88 bits per heavy atom. The van der Waals surface area contributed by atoms with E-state index >= 15 is 0 Å². The summed E-state index contributed by atoms with van der Waals surface area (Å²) < 4.78 is 21.3. The van der Waals surface area contributed by atoms with E-state index in [0.717, 1.165) is 22.3 Å². The molecule has 0 heterocycles. The van der Waals surface area contributed by atoms with Crippen LogP contribution < -0.4 is 4.74 Å². The molecule has 2 N–H and O–H groups in total. The van der Waals surface area contributed by atoms with E-state index in [1.807, 2.05) is 36.4 Å². The van der Waals surface area contributed by atoms with Crippen LogP contribution in [0.3, 0.4) is 0 Å². The van der Waals surface area contributed by atoms with Gasteiger partial charge in [-0.05, 0) is 35.3 Å². The summed E-state index contributed by atoms with van der Waals surface area (Å²) in [5, 5.41) is 0. The maximum atomic E-state index is 12.3. The maximum absolute atomic E-state index is 12.3. The van der Waals surface area contributed by atoms with Crippen molar-refractivity contribution in [3.05, 3.63) is 65.7 Å². The molecule has 6 nitrogen and oxygen atoms in total. The molecule has 26 heavy (non-hydrogen) atoms.